The second-order valence-electron chi connectivity index (χ2n) is 4.74. The maximum atomic E-state index is 13.8. The Hall–Kier alpha value is -0.940. The molecule has 1 fully saturated rings. The summed E-state index contributed by atoms with van der Waals surface area (Å²) < 4.78 is 19.4. The predicted octanol–water partition coefficient (Wildman–Crippen LogP) is 3.12. The Labute approximate surface area is 120 Å². The Bertz CT molecular complexity index is 467. The number of likely N-dealkylation sites (tertiary alicyclic amines) is 1. The lowest BCUT2D eigenvalue weighted by atomic mass is 10.0. The number of benzene rings is 1. The summed E-state index contributed by atoms with van der Waals surface area (Å²) in [6.45, 7) is 1.23. The summed E-state index contributed by atoms with van der Waals surface area (Å²) in [5, 5.41) is 0. The van der Waals surface area contributed by atoms with Gasteiger partial charge in [0.1, 0.15) is 11.9 Å². The maximum absolute atomic E-state index is 13.8. The molecule has 1 aromatic carbocycles. The number of esters is 1. The molecular weight excluding hydrogens is 313 g/mol. The van der Waals surface area contributed by atoms with Crippen LogP contribution in [0.3, 0.4) is 0 Å². The van der Waals surface area contributed by atoms with Crippen molar-refractivity contribution in [1.82, 2.24) is 4.90 Å². The first kappa shape index (κ1) is 14.5. The number of hydrogen-bond acceptors (Lipinski definition) is 3. The van der Waals surface area contributed by atoms with Gasteiger partial charge in [-0.25, -0.2) is 4.39 Å². The average molecular weight is 330 g/mol. The summed E-state index contributed by atoms with van der Waals surface area (Å²) >= 11 is 3.34. The first-order valence-corrected chi connectivity index (χ1v) is 7.17. The summed E-state index contributed by atoms with van der Waals surface area (Å²) in [4.78, 5) is 13.8. The first-order valence-electron chi connectivity index (χ1n) is 6.37. The van der Waals surface area contributed by atoms with Crippen LogP contribution in [0, 0.1) is 5.82 Å². The average Bonchev–Trinajstić information content (AvgIpc) is 2.42. The molecule has 1 aliphatic rings. The molecule has 0 aromatic heterocycles. The van der Waals surface area contributed by atoms with Crippen LogP contribution in [-0.4, -0.2) is 30.6 Å². The molecule has 5 heteroatoms. The number of hydrogen-bond donors (Lipinski definition) is 0. The molecule has 0 bridgehead atoms. The molecule has 0 amide bonds. The zero-order chi connectivity index (χ0) is 13.8. The molecule has 3 nitrogen and oxygen atoms in total. The number of rotatable bonds is 3. The molecule has 0 N–H and O–H groups in total. The van der Waals surface area contributed by atoms with Gasteiger partial charge in [0.25, 0.3) is 0 Å². The summed E-state index contributed by atoms with van der Waals surface area (Å²) in [5.74, 6) is -0.465. The van der Waals surface area contributed by atoms with Gasteiger partial charge in [-0.3, -0.25) is 9.69 Å². The van der Waals surface area contributed by atoms with E-state index in [0.717, 1.165) is 30.3 Å². The van der Waals surface area contributed by atoms with Crippen LogP contribution in [0.25, 0.3) is 0 Å². The second-order valence-corrected chi connectivity index (χ2v) is 5.66. The van der Waals surface area contributed by atoms with E-state index in [9.17, 15) is 9.18 Å². The highest BCUT2D eigenvalue weighted by Gasteiger charge is 2.29. The summed E-state index contributed by atoms with van der Waals surface area (Å²) in [6.07, 6.45) is 2.82. The highest BCUT2D eigenvalue weighted by Crippen LogP contribution is 2.23. The summed E-state index contributed by atoms with van der Waals surface area (Å²) in [5.41, 5.74) is 0.602. The van der Waals surface area contributed by atoms with Crippen molar-refractivity contribution in [3.63, 3.8) is 0 Å². The highest BCUT2D eigenvalue weighted by molar-refractivity contribution is 9.10. The summed E-state index contributed by atoms with van der Waals surface area (Å²) in [7, 11) is 1.40. The van der Waals surface area contributed by atoms with E-state index in [-0.39, 0.29) is 17.8 Å². The van der Waals surface area contributed by atoms with E-state index in [1.807, 2.05) is 4.90 Å². The number of nitrogens with zero attached hydrogens (tertiary/aromatic N) is 1. The third kappa shape index (κ3) is 3.54. The van der Waals surface area contributed by atoms with E-state index < -0.39 is 0 Å². The molecule has 0 aliphatic carbocycles. The lowest BCUT2D eigenvalue weighted by Crippen LogP contribution is -2.44. The fraction of sp³-hybridized carbons (Fsp3) is 0.500. The molecule has 19 heavy (non-hydrogen) atoms. The molecule has 1 atom stereocenters. The molecule has 0 spiro atoms. The molecule has 1 aromatic rings. The van der Waals surface area contributed by atoms with Crippen LogP contribution < -0.4 is 0 Å². The number of carbonyl (C=O) groups excluding carboxylic acids is 1. The van der Waals surface area contributed by atoms with Crippen LogP contribution in [0.15, 0.2) is 22.7 Å². The predicted molar refractivity (Wildman–Crippen MR) is 74.2 cm³/mol. The minimum absolute atomic E-state index is 0.227. The molecule has 1 aliphatic heterocycles. The van der Waals surface area contributed by atoms with E-state index >= 15 is 0 Å². The lowest BCUT2D eigenvalue weighted by molar-refractivity contribution is -0.148. The van der Waals surface area contributed by atoms with Crippen LogP contribution in [0.5, 0.6) is 0 Å². The first-order chi connectivity index (χ1) is 9.11. The van der Waals surface area contributed by atoms with Gasteiger partial charge in [0, 0.05) is 16.6 Å². The lowest BCUT2D eigenvalue weighted by Gasteiger charge is -2.33. The van der Waals surface area contributed by atoms with Crippen molar-refractivity contribution in [2.75, 3.05) is 13.7 Å². The van der Waals surface area contributed by atoms with Gasteiger partial charge in [0.2, 0.25) is 0 Å². The van der Waals surface area contributed by atoms with Gasteiger partial charge in [-0.2, -0.15) is 0 Å². The number of carbonyl (C=O) groups is 1. The van der Waals surface area contributed by atoms with Gasteiger partial charge in [-0.05, 0) is 37.6 Å². The Morgan fingerprint density at radius 2 is 2.32 bits per heavy atom. The quantitative estimate of drug-likeness (QED) is 0.798. The van der Waals surface area contributed by atoms with Gasteiger partial charge in [-0.15, -0.1) is 0 Å². The van der Waals surface area contributed by atoms with Crippen molar-refractivity contribution in [1.29, 1.82) is 0 Å². The SMILES string of the molecule is COC(=O)[C@H]1CCCCN1Cc1cc(Br)ccc1F. The molecule has 2 rings (SSSR count). The van der Waals surface area contributed by atoms with Gasteiger partial charge in [0.15, 0.2) is 0 Å². The largest absolute Gasteiger partial charge is 0.468 e. The standard InChI is InChI=1S/C14H17BrFNO2/c1-19-14(18)13-4-2-3-7-17(13)9-10-8-11(15)5-6-12(10)16/h5-6,8,13H,2-4,7,9H2,1H3/t13-/m1/s1. The van der Waals surface area contributed by atoms with Gasteiger partial charge in [0.05, 0.1) is 7.11 Å². The van der Waals surface area contributed by atoms with E-state index in [1.165, 1.54) is 13.2 Å². The summed E-state index contributed by atoms with van der Waals surface area (Å²) in [6, 6.07) is 4.62. The van der Waals surface area contributed by atoms with E-state index in [0.29, 0.717) is 12.1 Å². The fourth-order valence-corrected chi connectivity index (χ4v) is 2.87. The number of piperidine rings is 1. The van der Waals surface area contributed by atoms with Gasteiger partial charge in [-0.1, -0.05) is 22.4 Å². The second kappa shape index (κ2) is 6.48. The van der Waals surface area contributed by atoms with Crippen molar-refractivity contribution in [3.8, 4) is 0 Å². The van der Waals surface area contributed by atoms with Crippen LogP contribution in [0.4, 0.5) is 4.39 Å². The third-order valence-electron chi connectivity index (χ3n) is 3.47. The molecule has 104 valence electrons. The third-order valence-corrected chi connectivity index (χ3v) is 3.96. The smallest absolute Gasteiger partial charge is 0.323 e. The van der Waals surface area contributed by atoms with Crippen molar-refractivity contribution in [2.45, 2.75) is 31.8 Å². The Kier molecular flexibility index (Phi) is 4.93. The Morgan fingerprint density at radius 3 is 3.05 bits per heavy atom. The van der Waals surface area contributed by atoms with Crippen LogP contribution in [0.1, 0.15) is 24.8 Å². The fourth-order valence-electron chi connectivity index (χ4n) is 2.47. The maximum Gasteiger partial charge on any atom is 0.323 e. The van der Waals surface area contributed by atoms with Crippen molar-refractivity contribution in [2.24, 2.45) is 0 Å². The zero-order valence-corrected chi connectivity index (χ0v) is 12.5. The number of methoxy groups -OCH3 is 1. The van der Waals surface area contributed by atoms with Crippen molar-refractivity contribution >= 4 is 21.9 Å². The Balaban J connectivity index is 2.15. The number of halogens is 2. The highest BCUT2D eigenvalue weighted by atomic mass is 79.9. The Morgan fingerprint density at radius 1 is 1.53 bits per heavy atom. The molecular formula is C14H17BrFNO2. The molecule has 0 unspecified atom stereocenters. The van der Waals surface area contributed by atoms with E-state index in [2.05, 4.69) is 15.9 Å². The monoisotopic (exact) mass is 329 g/mol. The topological polar surface area (TPSA) is 29.5 Å². The molecule has 0 radical (unpaired) electrons. The van der Waals surface area contributed by atoms with E-state index in [4.69, 9.17) is 4.74 Å². The minimum atomic E-state index is -0.253. The molecule has 0 saturated carbocycles. The number of ether oxygens (including phenoxy) is 1. The molecule has 1 saturated heterocycles. The van der Waals surface area contributed by atoms with Crippen LogP contribution in [0.2, 0.25) is 0 Å². The minimum Gasteiger partial charge on any atom is -0.468 e. The molecule has 1 heterocycles. The normalized spacial score (nSPS) is 20.3. The van der Waals surface area contributed by atoms with Gasteiger partial charge >= 0.3 is 5.97 Å². The van der Waals surface area contributed by atoms with Crippen molar-refractivity contribution < 1.29 is 13.9 Å². The zero-order valence-electron chi connectivity index (χ0n) is 10.9. The van der Waals surface area contributed by atoms with Crippen molar-refractivity contribution in [3.05, 3.63) is 34.1 Å². The van der Waals surface area contributed by atoms with Gasteiger partial charge < -0.3 is 4.74 Å². The van der Waals surface area contributed by atoms with Crippen LogP contribution in [-0.2, 0) is 16.1 Å². The van der Waals surface area contributed by atoms with E-state index in [1.54, 1.807) is 12.1 Å². The van der Waals surface area contributed by atoms with Crippen LogP contribution >= 0.6 is 15.9 Å².